The second-order valence-corrected chi connectivity index (χ2v) is 10.0. The summed E-state index contributed by atoms with van der Waals surface area (Å²) in [5.74, 6) is 1.77. The van der Waals surface area contributed by atoms with Crippen LogP contribution in [0.25, 0.3) is 17.0 Å². The first-order valence-corrected chi connectivity index (χ1v) is 13.3. The summed E-state index contributed by atoms with van der Waals surface area (Å²) in [5, 5.41) is 0.616. The average Bonchev–Trinajstić information content (AvgIpc) is 3.49. The first-order valence-electron chi connectivity index (χ1n) is 12.5. The van der Waals surface area contributed by atoms with Gasteiger partial charge < -0.3 is 14.5 Å². The minimum atomic E-state index is -0.315. The van der Waals surface area contributed by atoms with Crippen molar-refractivity contribution in [3.05, 3.63) is 131 Å². The molecule has 0 aliphatic carbocycles. The predicted octanol–water partition coefficient (Wildman–Crippen LogP) is 7.78. The number of aromatic amines is 1. The van der Waals surface area contributed by atoms with Gasteiger partial charge in [-0.3, -0.25) is 14.5 Å². The maximum atomic E-state index is 13.2. The molecule has 1 aromatic heterocycles. The average molecular weight is 533 g/mol. The number of fused-ring (bicyclic) bond motifs is 1. The van der Waals surface area contributed by atoms with Crippen LogP contribution in [0.5, 0.6) is 17.2 Å². The van der Waals surface area contributed by atoms with Gasteiger partial charge in [0.15, 0.2) is 0 Å². The molecule has 0 radical (unpaired) electrons. The normalized spacial score (nSPS) is 14.4. The summed E-state index contributed by atoms with van der Waals surface area (Å²) in [6.07, 6.45) is 3.60. The van der Waals surface area contributed by atoms with Gasteiger partial charge in [0.2, 0.25) is 0 Å². The van der Waals surface area contributed by atoms with Gasteiger partial charge in [0, 0.05) is 17.1 Å². The van der Waals surface area contributed by atoms with Gasteiger partial charge in [-0.1, -0.05) is 72.8 Å². The number of rotatable bonds is 8. The largest absolute Gasteiger partial charge is 0.487 e. The van der Waals surface area contributed by atoms with E-state index in [1.807, 2.05) is 109 Å². The van der Waals surface area contributed by atoms with Crippen LogP contribution in [0, 0.1) is 0 Å². The molecule has 4 aromatic carbocycles. The fourth-order valence-electron chi connectivity index (χ4n) is 4.42. The highest BCUT2D eigenvalue weighted by Crippen LogP contribution is 2.36. The van der Waals surface area contributed by atoms with E-state index in [4.69, 9.17) is 9.47 Å². The molecule has 0 bridgehead atoms. The fraction of sp³-hybridized carbons (Fsp3) is 0.0625. The smallest absolute Gasteiger partial charge is 0.293 e. The van der Waals surface area contributed by atoms with Crippen molar-refractivity contribution in [2.75, 3.05) is 0 Å². The Labute approximate surface area is 229 Å². The zero-order chi connectivity index (χ0) is 26.6. The molecule has 5 aromatic rings. The van der Waals surface area contributed by atoms with Gasteiger partial charge in [-0.05, 0) is 59.3 Å². The number of carbonyl (C=O) groups excluding carboxylic acids is 2. The van der Waals surface area contributed by atoms with Crippen molar-refractivity contribution in [2.24, 2.45) is 0 Å². The fourth-order valence-corrected chi connectivity index (χ4v) is 5.24. The van der Waals surface area contributed by atoms with E-state index in [0.717, 1.165) is 50.9 Å². The molecule has 7 heteroatoms. The number of amides is 2. The van der Waals surface area contributed by atoms with E-state index in [2.05, 4.69) is 4.98 Å². The number of nitrogens with one attached hydrogen (secondary N) is 1. The summed E-state index contributed by atoms with van der Waals surface area (Å²) in [6.45, 7) is 0.615. The third-order valence-corrected chi connectivity index (χ3v) is 7.23. The highest BCUT2D eigenvalue weighted by Gasteiger charge is 2.35. The Morgan fingerprint density at radius 1 is 0.795 bits per heavy atom. The number of imide groups is 1. The number of para-hydroxylation sites is 2. The second kappa shape index (κ2) is 10.9. The maximum Gasteiger partial charge on any atom is 0.293 e. The topological polar surface area (TPSA) is 71.6 Å². The van der Waals surface area contributed by atoms with Gasteiger partial charge in [0.25, 0.3) is 11.1 Å². The zero-order valence-corrected chi connectivity index (χ0v) is 21.7. The lowest BCUT2D eigenvalue weighted by atomic mass is 10.1. The molecular formula is C32H24N2O4S. The lowest BCUT2D eigenvalue weighted by molar-refractivity contribution is -0.123. The molecule has 192 valence electrons. The molecule has 0 unspecified atom stereocenters. The lowest BCUT2D eigenvalue weighted by Crippen LogP contribution is -2.27. The molecule has 6 nitrogen and oxygen atoms in total. The van der Waals surface area contributed by atoms with Gasteiger partial charge in [-0.15, -0.1) is 0 Å². The first kappa shape index (κ1) is 24.6. The van der Waals surface area contributed by atoms with Crippen LogP contribution in [-0.2, 0) is 17.9 Å². The molecule has 0 spiro atoms. The van der Waals surface area contributed by atoms with Crippen LogP contribution < -0.4 is 9.47 Å². The molecule has 2 amide bonds. The maximum absolute atomic E-state index is 13.2. The Balaban J connectivity index is 1.18. The molecule has 0 atom stereocenters. The molecule has 1 aliphatic rings. The number of carbonyl (C=O) groups is 2. The summed E-state index contributed by atoms with van der Waals surface area (Å²) in [6, 6.07) is 32.7. The van der Waals surface area contributed by atoms with E-state index in [0.29, 0.717) is 17.3 Å². The highest BCUT2D eigenvalue weighted by atomic mass is 32.2. The number of H-pyrrole nitrogens is 1. The number of hydrogen-bond donors (Lipinski definition) is 1. The van der Waals surface area contributed by atoms with E-state index in [-0.39, 0.29) is 17.7 Å². The zero-order valence-electron chi connectivity index (χ0n) is 20.9. The Morgan fingerprint density at radius 3 is 2.33 bits per heavy atom. The van der Waals surface area contributed by atoms with Crippen molar-refractivity contribution in [1.82, 2.24) is 9.88 Å². The lowest BCUT2D eigenvalue weighted by Gasteiger charge is -2.13. The Morgan fingerprint density at radius 2 is 1.51 bits per heavy atom. The Hall–Kier alpha value is -4.75. The molecule has 1 N–H and O–H groups in total. The van der Waals surface area contributed by atoms with Crippen molar-refractivity contribution < 1.29 is 19.1 Å². The van der Waals surface area contributed by atoms with Gasteiger partial charge in [0.05, 0.1) is 17.0 Å². The molecular weight excluding hydrogens is 508 g/mol. The van der Waals surface area contributed by atoms with Crippen molar-refractivity contribution in [2.45, 2.75) is 13.2 Å². The number of aromatic nitrogens is 1. The standard InChI is InChI=1S/C32H24N2O4S/c35-31-29(18-24-19-33-30-27(24)15-8-16-28(30)37-21-22-9-3-1-4-10-22)39-32(36)34(31)20-23-11-7-14-26(17-23)38-25-12-5-2-6-13-25/h1-19,33H,20-21H2. The summed E-state index contributed by atoms with van der Waals surface area (Å²) in [5.41, 5.74) is 3.54. The number of benzene rings is 4. The van der Waals surface area contributed by atoms with E-state index >= 15 is 0 Å². The van der Waals surface area contributed by atoms with Crippen LogP contribution in [0.15, 0.2) is 114 Å². The van der Waals surface area contributed by atoms with Crippen molar-refractivity contribution in [3.8, 4) is 17.2 Å². The van der Waals surface area contributed by atoms with Crippen LogP contribution >= 0.6 is 11.8 Å². The van der Waals surface area contributed by atoms with Crippen LogP contribution in [0.4, 0.5) is 4.79 Å². The van der Waals surface area contributed by atoms with Crippen molar-refractivity contribution >= 4 is 39.9 Å². The van der Waals surface area contributed by atoms with Crippen molar-refractivity contribution in [3.63, 3.8) is 0 Å². The molecule has 0 saturated carbocycles. The number of hydrogen-bond acceptors (Lipinski definition) is 5. The Kier molecular flexibility index (Phi) is 6.89. The van der Waals surface area contributed by atoms with Gasteiger partial charge in [0.1, 0.15) is 23.9 Å². The SMILES string of the molecule is O=C1SC(=Cc2c[nH]c3c(OCc4ccccc4)cccc23)C(=O)N1Cc1cccc(Oc2ccccc2)c1. The third-order valence-electron chi connectivity index (χ3n) is 6.32. The first-order chi connectivity index (χ1) is 19.1. The third kappa shape index (κ3) is 5.44. The molecule has 39 heavy (non-hydrogen) atoms. The molecule has 1 aliphatic heterocycles. The van der Waals surface area contributed by atoms with Crippen LogP contribution in [0.1, 0.15) is 16.7 Å². The van der Waals surface area contributed by atoms with Gasteiger partial charge in [-0.2, -0.15) is 0 Å². The minimum Gasteiger partial charge on any atom is -0.487 e. The summed E-state index contributed by atoms with van der Waals surface area (Å²) < 4.78 is 12.0. The Bertz CT molecular complexity index is 1680. The number of nitrogens with zero attached hydrogens (tertiary/aromatic N) is 1. The van der Waals surface area contributed by atoms with Crippen LogP contribution in [0.2, 0.25) is 0 Å². The molecule has 1 saturated heterocycles. The monoisotopic (exact) mass is 532 g/mol. The highest BCUT2D eigenvalue weighted by molar-refractivity contribution is 8.18. The summed E-state index contributed by atoms with van der Waals surface area (Å²) >= 11 is 0.949. The van der Waals surface area contributed by atoms with Crippen molar-refractivity contribution in [1.29, 1.82) is 0 Å². The summed E-state index contributed by atoms with van der Waals surface area (Å²) in [7, 11) is 0. The van der Waals surface area contributed by atoms with E-state index in [1.165, 1.54) is 4.90 Å². The van der Waals surface area contributed by atoms with E-state index in [9.17, 15) is 9.59 Å². The molecule has 6 rings (SSSR count). The predicted molar refractivity (Wildman–Crippen MR) is 154 cm³/mol. The van der Waals surface area contributed by atoms with E-state index < -0.39 is 0 Å². The van der Waals surface area contributed by atoms with Gasteiger partial charge >= 0.3 is 0 Å². The molecule has 2 heterocycles. The molecule has 1 fully saturated rings. The minimum absolute atomic E-state index is 0.166. The number of thioether (sulfide) groups is 1. The van der Waals surface area contributed by atoms with Crippen LogP contribution in [-0.4, -0.2) is 21.0 Å². The quantitative estimate of drug-likeness (QED) is 0.207. The summed E-state index contributed by atoms with van der Waals surface area (Å²) in [4.78, 5) is 31.0. The van der Waals surface area contributed by atoms with Gasteiger partial charge in [-0.25, -0.2) is 0 Å². The van der Waals surface area contributed by atoms with E-state index in [1.54, 1.807) is 6.08 Å². The van der Waals surface area contributed by atoms with Crippen LogP contribution in [0.3, 0.4) is 0 Å². The second-order valence-electron chi connectivity index (χ2n) is 9.03. The number of ether oxygens (including phenoxy) is 2.